The number of carbonyl (C=O) groups is 1. The molecule has 0 spiro atoms. The smallest absolute Gasteiger partial charge is 0.343 e. The van der Waals surface area contributed by atoms with E-state index < -0.39 is 15.8 Å². The van der Waals surface area contributed by atoms with Crippen LogP contribution in [0.5, 0.6) is 11.5 Å². The fraction of sp³-hybridized carbons (Fsp3) is 0.0625. The molecule has 0 unspecified atom stereocenters. The summed E-state index contributed by atoms with van der Waals surface area (Å²) in [4.78, 5) is 32.1. The summed E-state index contributed by atoms with van der Waals surface area (Å²) in [7, 11) is 1.35. The summed E-state index contributed by atoms with van der Waals surface area (Å²) >= 11 is 3.23. The number of carbonyl (C=O) groups excluding carboxylic acids is 1. The minimum atomic E-state index is -0.743. The summed E-state index contributed by atoms with van der Waals surface area (Å²) in [5, 5.41) is 21.1. The highest BCUT2D eigenvalue weighted by molar-refractivity contribution is 9.10. The van der Waals surface area contributed by atoms with Crippen molar-refractivity contribution in [2.75, 3.05) is 7.11 Å². The van der Waals surface area contributed by atoms with Crippen LogP contribution in [0.25, 0.3) is 6.08 Å². The molecule has 0 amide bonds. The minimum Gasteiger partial charge on any atom is -0.493 e. The highest BCUT2D eigenvalue weighted by atomic mass is 79.9. The molecular weight excluding hydrogens is 412 g/mol. The van der Waals surface area contributed by atoms with Crippen LogP contribution in [0.2, 0.25) is 0 Å². The predicted octanol–water partition coefficient (Wildman–Crippen LogP) is 3.83. The standard InChI is InChI=1S/C16H11BrN2O7/c1-25-14-9-10(6-7-18(21)22)8-13(17)15(14)26-16(20)11-2-4-12(5-3-11)19(23)24/h2-9H,1H3/b7-6+. The molecule has 9 nitrogen and oxygen atoms in total. The van der Waals surface area contributed by atoms with Gasteiger partial charge >= 0.3 is 5.97 Å². The summed E-state index contributed by atoms with van der Waals surface area (Å²) in [5.41, 5.74) is 0.421. The lowest BCUT2D eigenvalue weighted by Gasteiger charge is -2.12. The normalized spacial score (nSPS) is 10.5. The first-order valence-corrected chi connectivity index (χ1v) is 7.77. The molecule has 0 fully saturated rings. The molecule has 2 rings (SSSR count). The third kappa shape index (κ3) is 4.63. The Kier molecular flexibility index (Phi) is 6.02. The summed E-state index contributed by atoms with van der Waals surface area (Å²) < 4.78 is 10.8. The van der Waals surface area contributed by atoms with Gasteiger partial charge in [0.25, 0.3) is 5.69 Å². The summed E-state index contributed by atoms with van der Waals surface area (Å²) in [6.45, 7) is 0. The number of ether oxygens (including phenoxy) is 2. The Morgan fingerprint density at radius 2 is 1.81 bits per heavy atom. The molecule has 0 aliphatic carbocycles. The summed E-state index contributed by atoms with van der Waals surface area (Å²) in [6, 6.07) is 7.90. The Morgan fingerprint density at radius 1 is 1.15 bits per heavy atom. The third-order valence-corrected chi connectivity index (χ3v) is 3.74. The van der Waals surface area contributed by atoms with Crippen molar-refractivity contribution >= 4 is 33.7 Å². The molecule has 2 aromatic carbocycles. The van der Waals surface area contributed by atoms with Gasteiger partial charge in [-0.3, -0.25) is 20.2 Å². The van der Waals surface area contributed by atoms with Crippen LogP contribution in [-0.4, -0.2) is 22.9 Å². The second kappa shape index (κ2) is 8.21. The third-order valence-electron chi connectivity index (χ3n) is 3.15. The summed E-state index contributed by atoms with van der Waals surface area (Å²) in [5.74, 6) is -0.487. The number of hydrogen-bond donors (Lipinski definition) is 0. The number of hydrogen-bond acceptors (Lipinski definition) is 7. The number of esters is 1. The average molecular weight is 423 g/mol. The van der Waals surface area contributed by atoms with E-state index in [1.165, 1.54) is 49.6 Å². The maximum absolute atomic E-state index is 12.2. The molecule has 0 saturated carbocycles. The van der Waals surface area contributed by atoms with Crippen LogP contribution in [-0.2, 0) is 0 Å². The molecule has 0 atom stereocenters. The van der Waals surface area contributed by atoms with Crippen molar-refractivity contribution in [1.29, 1.82) is 0 Å². The number of halogens is 1. The largest absolute Gasteiger partial charge is 0.493 e. The lowest BCUT2D eigenvalue weighted by atomic mass is 10.2. The lowest BCUT2D eigenvalue weighted by Crippen LogP contribution is -2.10. The van der Waals surface area contributed by atoms with Crippen LogP contribution < -0.4 is 9.47 Å². The molecule has 0 saturated heterocycles. The Morgan fingerprint density at radius 3 is 2.35 bits per heavy atom. The molecule has 0 aliphatic rings. The molecule has 0 bridgehead atoms. The number of non-ortho nitro benzene ring substituents is 1. The van der Waals surface area contributed by atoms with Gasteiger partial charge in [0.2, 0.25) is 6.20 Å². The molecule has 2 aromatic rings. The first-order valence-electron chi connectivity index (χ1n) is 6.97. The van der Waals surface area contributed by atoms with Gasteiger partial charge in [0.15, 0.2) is 11.5 Å². The zero-order valence-corrected chi connectivity index (χ0v) is 14.8. The second-order valence-electron chi connectivity index (χ2n) is 4.83. The maximum Gasteiger partial charge on any atom is 0.343 e. The van der Waals surface area contributed by atoms with Crippen LogP contribution in [0.15, 0.2) is 47.1 Å². The molecule has 0 aromatic heterocycles. The summed E-state index contributed by atoms with van der Waals surface area (Å²) in [6.07, 6.45) is 2.03. The Labute approximate surface area is 155 Å². The van der Waals surface area contributed by atoms with Crippen molar-refractivity contribution in [3.05, 3.63) is 78.4 Å². The van der Waals surface area contributed by atoms with Gasteiger partial charge in [-0.25, -0.2) is 4.79 Å². The number of nitro benzene ring substituents is 1. The van der Waals surface area contributed by atoms with Gasteiger partial charge in [-0.15, -0.1) is 0 Å². The van der Waals surface area contributed by atoms with E-state index in [9.17, 15) is 25.0 Å². The first kappa shape index (κ1) is 19.1. The predicted molar refractivity (Wildman–Crippen MR) is 94.8 cm³/mol. The van der Waals surface area contributed by atoms with Gasteiger partial charge in [-0.1, -0.05) is 0 Å². The van der Waals surface area contributed by atoms with Gasteiger partial charge in [0.05, 0.1) is 27.0 Å². The lowest BCUT2D eigenvalue weighted by molar-refractivity contribution is -0.400. The Bertz CT molecular complexity index is 894. The molecule has 0 radical (unpaired) electrons. The quantitative estimate of drug-likeness (QED) is 0.300. The van der Waals surface area contributed by atoms with E-state index in [1.807, 2.05) is 0 Å². The number of rotatable bonds is 6. The molecule has 0 heterocycles. The van der Waals surface area contributed by atoms with Gasteiger partial charge in [0.1, 0.15) is 0 Å². The minimum absolute atomic E-state index is 0.0779. The van der Waals surface area contributed by atoms with E-state index in [2.05, 4.69) is 15.9 Å². The van der Waals surface area contributed by atoms with Gasteiger partial charge in [-0.2, -0.15) is 0 Å². The SMILES string of the molecule is COc1cc(/C=C/[N+](=O)[O-])cc(Br)c1OC(=O)c1ccc([N+](=O)[O-])cc1. The van der Waals surface area contributed by atoms with E-state index in [-0.39, 0.29) is 22.7 Å². The maximum atomic E-state index is 12.2. The monoisotopic (exact) mass is 422 g/mol. The number of benzene rings is 2. The van der Waals surface area contributed by atoms with Crippen molar-refractivity contribution in [3.63, 3.8) is 0 Å². The average Bonchev–Trinajstić information content (AvgIpc) is 2.61. The Balaban J connectivity index is 2.28. The van der Waals surface area contributed by atoms with Crippen molar-refractivity contribution < 1.29 is 24.1 Å². The number of methoxy groups -OCH3 is 1. The molecule has 0 N–H and O–H groups in total. The van der Waals surface area contributed by atoms with E-state index in [1.54, 1.807) is 0 Å². The van der Waals surface area contributed by atoms with Gasteiger partial charge in [-0.05, 0) is 45.8 Å². The van der Waals surface area contributed by atoms with Gasteiger partial charge < -0.3 is 9.47 Å². The second-order valence-corrected chi connectivity index (χ2v) is 5.68. The fourth-order valence-electron chi connectivity index (χ4n) is 1.95. The first-order chi connectivity index (χ1) is 12.3. The van der Waals surface area contributed by atoms with Crippen molar-refractivity contribution in [2.45, 2.75) is 0 Å². The van der Waals surface area contributed by atoms with E-state index in [0.717, 1.165) is 6.20 Å². The molecule has 26 heavy (non-hydrogen) atoms. The van der Waals surface area contributed by atoms with Crippen LogP contribution in [0.4, 0.5) is 5.69 Å². The number of nitro groups is 2. The van der Waals surface area contributed by atoms with Crippen LogP contribution in [0.3, 0.4) is 0 Å². The van der Waals surface area contributed by atoms with Crippen LogP contribution in [0.1, 0.15) is 15.9 Å². The zero-order valence-electron chi connectivity index (χ0n) is 13.2. The zero-order chi connectivity index (χ0) is 19.3. The highest BCUT2D eigenvalue weighted by Gasteiger charge is 2.17. The van der Waals surface area contributed by atoms with Crippen LogP contribution in [0, 0.1) is 20.2 Å². The molecule has 10 heteroatoms. The van der Waals surface area contributed by atoms with Crippen molar-refractivity contribution in [2.24, 2.45) is 0 Å². The van der Waals surface area contributed by atoms with Crippen molar-refractivity contribution in [1.82, 2.24) is 0 Å². The molecule has 0 aliphatic heterocycles. The molecule has 134 valence electrons. The highest BCUT2D eigenvalue weighted by Crippen LogP contribution is 2.37. The van der Waals surface area contributed by atoms with Crippen molar-refractivity contribution in [3.8, 4) is 11.5 Å². The molecular formula is C16H11BrN2O7. The van der Waals surface area contributed by atoms with E-state index >= 15 is 0 Å². The van der Waals surface area contributed by atoms with E-state index in [4.69, 9.17) is 9.47 Å². The fourth-order valence-corrected chi connectivity index (χ4v) is 2.49. The topological polar surface area (TPSA) is 122 Å². The van der Waals surface area contributed by atoms with E-state index in [0.29, 0.717) is 10.0 Å². The Hall–Kier alpha value is -3.27. The van der Waals surface area contributed by atoms with Crippen LogP contribution >= 0.6 is 15.9 Å². The number of nitrogens with zero attached hydrogens (tertiary/aromatic N) is 2. The van der Waals surface area contributed by atoms with Gasteiger partial charge in [0, 0.05) is 18.2 Å².